The van der Waals surface area contributed by atoms with Gasteiger partial charge < -0.3 is 14.6 Å². The highest BCUT2D eigenvalue weighted by Crippen LogP contribution is 2.38. The zero-order valence-electron chi connectivity index (χ0n) is 11.0. The molecule has 0 radical (unpaired) electrons. The number of ether oxygens (including phenoxy) is 2. The van der Waals surface area contributed by atoms with Gasteiger partial charge in [0.2, 0.25) is 6.79 Å². The lowest BCUT2D eigenvalue weighted by Gasteiger charge is -2.01. The highest BCUT2D eigenvalue weighted by atomic mass is 32.1. The third kappa shape index (κ3) is 2.12. The van der Waals surface area contributed by atoms with E-state index in [0.29, 0.717) is 17.2 Å². The second-order valence-corrected chi connectivity index (χ2v) is 5.79. The first-order valence-electron chi connectivity index (χ1n) is 6.20. The van der Waals surface area contributed by atoms with Gasteiger partial charge in [-0.25, -0.2) is 9.78 Å². The van der Waals surface area contributed by atoms with Gasteiger partial charge in [0.05, 0.1) is 10.7 Å². The first-order chi connectivity index (χ1) is 9.56. The van der Waals surface area contributed by atoms with E-state index in [1.165, 1.54) is 11.3 Å². The van der Waals surface area contributed by atoms with Crippen LogP contribution in [0, 0.1) is 0 Å². The number of aromatic nitrogens is 1. The van der Waals surface area contributed by atoms with Gasteiger partial charge in [0.1, 0.15) is 4.88 Å². The van der Waals surface area contributed by atoms with Crippen LogP contribution in [0.2, 0.25) is 0 Å². The number of aromatic carboxylic acids is 1. The Kier molecular flexibility index (Phi) is 3.10. The molecule has 3 rings (SSSR count). The van der Waals surface area contributed by atoms with Crippen molar-refractivity contribution in [2.45, 2.75) is 19.8 Å². The highest BCUT2D eigenvalue weighted by Gasteiger charge is 2.22. The maximum absolute atomic E-state index is 11.4. The van der Waals surface area contributed by atoms with Crippen molar-refractivity contribution in [2.24, 2.45) is 0 Å². The molecule has 1 N–H and O–H groups in total. The summed E-state index contributed by atoms with van der Waals surface area (Å²) in [7, 11) is 0. The van der Waals surface area contributed by atoms with Crippen LogP contribution in [-0.2, 0) is 0 Å². The lowest BCUT2D eigenvalue weighted by molar-refractivity contribution is 0.0702. The van der Waals surface area contributed by atoms with E-state index < -0.39 is 5.97 Å². The molecule has 2 heterocycles. The summed E-state index contributed by atoms with van der Waals surface area (Å²) >= 11 is 1.22. The molecule has 5 nitrogen and oxygen atoms in total. The quantitative estimate of drug-likeness (QED) is 0.939. The van der Waals surface area contributed by atoms with E-state index in [0.717, 1.165) is 10.6 Å². The summed E-state index contributed by atoms with van der Waals surface area (Å²) in [6.07, 6.45) is 0. The molecule has 0 bridgehead atoms. The number of hydrogen-bond donors (Lipinski definition) is 1. The van der Waals surface area contributed by atoms with Crippen LogP contribution in [0.15, 0.2) is 18.2 Å². The molecule has 0 aliphatic carbocycles. The summed E-state index contributed by atoms with van der Waals surface area (Å²) in [5.41, 5.74) is 1.22. The Morgan fingerprint density at radius 2 is 2.10 bits per heavy atom. The average molecular weight is 291 g/mol. The van der Waals surface area contributed by atoms with E-state index in [9.17, 15) is 9.90 Å². The Hall–Kier alpha value is -2.08. The average Bonchev–Trinajstić information content (AvgIpc) is 3.04. The third-order valence-electron chi connectivity index (χ3n) is 2.98. The fourth-order valence-electron chi connectivity index (χ4n) is 1.97. The predicted octanol–water partition coefficient (Wildman–Crippen LogP) is 3.36. The molecule has 0 atom stereocenters. The number of carbonyl (C=O) groups is 1. The maximum atomic E-state index is 11.4. The largest absolute Gasteiger partial charge is 0.477 e. The van der Waals surface area contributed by atoms with Crippen molar-refractivity contribution in [3.8, 4) is 22.8 Å². The van der Waals surface area contributed by atoms with Gasteiger partial charge in [-0.3, -0.25) is 0 Å². The van der Waals surface area contributed by atoms with Crippen LogP contribution in [0.25, 0.3) is 11.3 Å². The Morgan fingerprint density at radius 1 is 1.35 bits per heavy atom. The number of hydrogen-bond acceptors (Lipinski definition) is 5. The molecular weight excluding hydrogens is 278 g/mol. The van der Waals surface area contributed by atoms with Crippen LogP contribution in [0.1, 0.15) is 34.4 Å². The zero-order chi connectivity index (χ0) is 14.3. The molecule has 0 fully saturated rings. The fraction of sp³-hybridized carbons (Fsp3) is 0.286. The minimum atomic E-state index is -0.956. The van der Waals surface area contributed by atoms with Gasteiger partial charge in [0, 0.05) is 11.5 Å². The summed E-state index contributed by atoms with van der Waals surface area (Å²) < 4.78 is 10.6. The first-order valence-corrected chi connectivity index (χ1v) is 7.02. The molecule has 0 unspecified atom stereocenters. The lowest BCUT2D eigenvalue weighted by Crippen LogP contribution is -1.95. The summed E-state index contributed by atoms with van der Waals surface area (Å²) in [6, 6.07) is 5.35. The SMILES string of the molecule is CC(C)c1nc(-c2ccc3c(c2)OCO3)c(C(=O)O)s1. The Morgan fingerprint density at radius 3 is 2.80 bits per heavy atom. The van der Waals surface area contributed by atoms with E-state index >= 15 is 0 Å². The van der Waals surface area contributed by atoms with Crippen LogP contribution in [0.5, 0.6) is 11.5 Å². The van der Waals surface area contributed by atoms with Crippen molar-refractivity contribution < 1.29 is 19.4 Å². The van der Waals surface area contributed by atoms with Gasteiger partial charge >= 0.3 is 5.97 Å². The number of carboxylic acids is 1. The van der Waals surface area contributed by atoms with Gasteiger partial charge in [-0.15, -0.1) is 11.3 Å². The molecule has 1 aliphatic heterocycles. The summed E-state index contributed by atoms with van der Waals surface area (Å²) in [5.74, 6) is 0.533. The fourth-order valence-corrected chi connectivity index (χ4v) is 2.90. The molecule has 1 aromatic carbocycles. The van der Waals surface area contributed by atoms with E-state index in [4.69, 9.17) is 9.47 Å². The molecule has 2 aromatic rings. The van der Waals surface area contributed by atoms with E-state index in [2.05, 4.69) is 4.98 Å². The molecule has 1 aliphatic rings. The molecule has 104 valence electrons. The van der Waals surface area contributed by atoms with Gasteiger partial charge in [-0.1, -0.05) is 13.8 Å². The number of rotatable bonds is 3. The summed E-state index contributed by atoms with van der Waals surface area (Å²) in [4.78, 5) is 16.1. The standard InChI is InChI=1S/C14H13NO4S/c1-7(2)13-15-11(12(20-13)14(16)17)8-3-4-9-10(5-8)19-6-18-9/h3-5,7H,6H2,1-2H3,(H,16,17). The maximum Gasteiger partial charge on any atom is 0.348 e. The van der Waals surface area contributed by atoms with Crippen molar-refractivity contribution in [2.75, 3.05) is 6.79 Å². The number of thiazole rings is 1. The van der Waals surface area contributed by atoms with Gasteiger partial charge in [-0.2, -0.15) is 0 Å². The third-order valence-corrected chi connectivity index (χ3v) is 4.32. The Labute approximate surface area is 119 Å². The van der Waals surface area contributed by atoms with Crippen molar-refractivity contribution in [1.82, 2.24) is 4.98 Å². The number of benzene rings is 1. The molecule has 0 amide bonds. The number of carboxylic acid groups (broad SMARTS) is 1. The second kappa shape index (κ2) is 4.79. The van der Waals surface area contributed by atoms with Gasteiger partial charge in [0.15, 0.2) is 11.5 Å². The molecular formula is C14H13NO4S. The topological polar surface area (TPSA) is 68.7 Å². The molecule has 0 saturated carbocycles. The van der Waals surface area contributed by atoms with Crippen molar-refractivity contribution in [3.05, 3.63) is 28.1 Å². The highest BCUT2D eigenvalue weighted by molar-refractivity contribution is 7.14. The van der Waals surface area contributed by atoms with Crippen molar-refractivity contribution in [3.63, 3.8) is 0 Å². The van der Waals surface area contributed by atoms with Crippen LogP contribution in [0.3, 0.4) is 0 Å². The summed E-state index contributed by atoms with van der Waals surface area (Å²) in [6.45, 7) is 4.18. The zero-order valence-corrected chi connectivity index (χ0v) is 11.9. The van der Waals surface area contributed by atoms with Crippen molar-refractivity contribution in [1.29, 1.82) is 0 Å². The molecule has 0 spiro atoms. The Balaban J connectivity index is 2.11. The van der Waals surface area contributed by atoms with E-state index in [1.54, 1.807) is 18.2 Å². The minimum absolute atomic E-state index is 0.193. The Bertz CT molecular complexity index is 678. The first kappa shape index (κ1) is 12.9. The lowest BCUT2D eigenvalue weighted by atomic mass is 10.1. The van der Waals surface area contributed by atoms with Gasteiger partial charge in [-0.05, 0) is 18.2 Å². The summed E-state index contributed by atoms with van der Waals surface area (Å²) in [5, 5.41) is 10.1. The molecule has 1 aromatic heterocycles. The van der Waals surface area contributed by atoms with Gasteiger partial charge in [0.25, 0.3) is 0 Å². The van der Waals surface area contributed by atoms with Crippen molar-refractivity contribution >= 4 is 17.3 Å². The number of nitrogens with zero attached hydrogens (tertiary/aromatic N) is 1. The normalized spacial score (nSPS) is 12.9. The van der Waals surface area contributed by atoms with Crippen LogP contribution >= 0.6 is 11.3 Å². The second-order valence-electron chi connectivity index (χ2n) is 4.76. The molecule has 20 heavy (non-hydrogen) atoms. The van der Waals surface area contributed by atoms with Crippen LogP contribution in [0.4, 0.5) is 0 Å². The number of fused-ring (bicyclic) bond motifs is 1. The molecule has 0 saturated heterocycles. The van der Waals surface area contributed by atoms with Crippen LogP contribution in [-0.4, -0.2) is 22.9 Å². The smallest absolute Gasteiger partial charge is 0.348 e. The molecule has 6 heteroatoms. The van der Waals surface area contributed by atoms with E-state index in [-0.39, 0.29) is 17.6 Å². The van der Waals surface area contributed by atoms with E-state index in [1.807, 2.05) is 13.8 Å². The van der Waals surface area contributed by atoms with Crippen LogP contribution < -0.4 is 9.47 Å². The predicted molar refractivity (Wildman–Crippen MR) is 74.7 cm³/mol. The monoisotopic (exact) mass is 291 g/mol. The minimum Gasteiger partial charge on any atom is -0.477 e.